The van der Waals surface area contributed by atoms with Crippen molar-refractivity contribution in [3.63, 3.8) is 0 Å². The van der Waals surface area contributed by atoms with Gasteiger partial charge in [-0.1, -0.05) is 78.4 Å². The molecule has 3 aromatic carbocycles. The number of hydrogen-bond acceptors (Lipinski definition) is 1. The molecule has 0 unspecified atom stereocenters. The van der Waals surface area contributed by atoms with Gasteiger partial charge in [-0.2, -0.15) is 0 Å². The molecule has 0 saturated carbocycles. The highest BCUT2D eigenvalue weighted by atomic mass is 15.0. The number of nitrogens with zero attached hydrogens (tertiary/aromatic N) is 1. The van der Waals surface area contributed by atoms with Crippen LogP contribution in [0.2, 0.25) is 0 Å². The standard InChI is InChI=1S/C24H24N2/c1-19-11-13-20(14-12-19)15-25-16-22-18-26(17-21-7-3-2-4-8-21)24-10-6-5-9-23(22)24/h2-14,18,25H,15-17H2,1H3. The van der Waals surface area contributed by atoms with E-state index in [0.717, 1.165) is 19.6 Å². The van der Waals surface area contributed by atoms with Crippen molar-refractivity contribution >= 4 is 10.9 Å². The normalized spacial score (nSPS) is 11.1. The third-order valence-corrected chi connectivity index (χ3v) is 4.83. The van der Waals surface area contributed by atoms with Crippen molar-refractivity contribution in [2.24, 2.45) is 0 Å². The molecule has 2 nitrogen and oxygen atoms in total. The predicted octanol–water partition coefficient (Wildman–Crippen LogP) is 5.29. The van der Waals surface area contributed by atoms with Gasteiger partial charge in [0.05, 0.1) is 0 Å². The van der Waals surface area contributed by atoms with Crippen LogP contribution in [0.5, 0.6) is 0 Å². The summed E-state index contributed by atoms with van der Waals surface area (Å²) in [4.78, 5) is 0. The molecule has 0 bridgehead atoms. The summed E-state index contributed by atoms with van der Waals surface area (Å²) in [5.41, 5.74) is 6.60. The summed E-state index contributed by atoms with van der Waals surface area (Å²) in [7, 11) is 0. The van der Waals surface area contributed by atoms with Gasteiger partial charge in [0.1, 0.15) is 0 Å². The van der Waals surface area contributed by atoms with Crippen molar-refractivity contribution in [2.45, 2.75) is 26.6 Å². The Bertz CT molecular complexity index is 982. The van der Waals surface area contributed by atoms with Crippen molar-refractivity contribution in [1.29, 1.82) is 0 Å². The Hall–Kier alpha value is -2.84. The van der Waals surface area contributed by atoms with Crippen molar-refractivity contribution in [2.75, 3.05) is 0 Å². The van der Waals surface area contributed by atoms with Crippen molar-refractivity contribution in [3.05, 3.63) is 107 Å². The summed E-state index contributed by atoms with van der Waals surface area (Å²) in [6.07, 6.45) is 2.29. The maximum Gasteiger partial charge on any atom is 0.0486 e. The lowest BCUT2D eigenvalue weighted by Crippen LogP contribution is -2.12. The van der Waals surface area contributed by atoms with Crippen LogP contribution in [-0.4, -0.2) is 4.57 Å². The molecule has 130 valence electrons. The zero-order valence-electron chi connectivity index (χ0n) is 15.2. The second kappa shape index (κ2) is 7.59. The van der Waals surface area contributed by atoms with Crippen LogP contribution in [0, 0.1) is 6.92 Å². The zero-order valence-corrected chi connectivity index (χ0v) is 15.2. The third kappa shape index (κ3) is 3.71. The molecule has 4 aromatic rings. The van der Waals surface area contributed by atoms with Gasteiger partial charge < -0.3 is 9.88 Å². The maximum atomic E-state index is 3.59. The van der Waals surface area contributed by atoms with Gasteiger partial charge in [0.2, 0.25) is 0 Å². The van der Waals surface area contributed by atoms with E-state index in [-0.39, 0.29) is 0 Å². The number of nitrogens with one attached hydrogen (secondary N) is 1. The van der Waals surface area contributed by atoms with Gasteiger partial charge >= 0.3 is 0 Å². The number of para-hydroxylation sites is 1. The third-order valence-electron chi connectivity index (χ3n) is 4.83. The van der Waals surface area contributed by atoms with Gasteiger partial charge in [-0.05, 0) is 29.7 Å². The first-order valence-corrected chi connectivity index (χ1v) is 9.16. The molecule has 26 heavy (non-hydrogen) atoms. The molecular weight excluding hydrogens is 316 g/mol. The smallest absolute Gasteiger partial charge is 0.0486 e. The van der Waals surface area contributed by atoms with Gasteiger partial charge in [-0.25, -0.2) is 0 Å². The quantitative estimate of drug-likeness (QED) is 0.505. The second-order valence-corrected chi connectivity index (χ2v) is 6.87. The van der Waals surface area contributed by atoms with Crippen LogP contribution in [0.4, 0.5) is 0 Å². The molecule has 2 heteroatoms. The first-order valence-electron chi connectivity index (χ1n) is 9.16. The van der Waals surface area contributed by atoms with Gasteiger partial charge in [0, 0.05) is 36.7 Å². The van der Waals surface area contributed by atoms with Gasteiger partial charge in [-0.3, -0.25) is 0 Å². The van der Waals surface area contributed by atoms with E-state index in [1.54, 1.807) is 0 Å². The van der Waals surface area contributed by atoms with E-state index >= 15 is 0 Å². The molecule has 0 fully saturated rings. The van der Waals surface area contributed by atoms with Crippen LogP contribution >= 0.6 is 0 Å². The average Bonchev–Trinajstić information content (AvgIpc) is 3.02. The molecule has 0 saturated heterocycles. The fraction of sp³-hybridized carbons (Fsp3) is 0.167. The van der Waals surface area contributed by atoms with E-state index in [2.05, 4.69) is 102 Å². The van der Waals surface area contributed by atoms with Crippen LogP contribution in [-0.2, 0) is 19.6 Å². The molecule has 0 aliphatic rings. The number of benzene rings is 3. The van der Waals surface area contributed by atoms with E-state index in [1.807, 2.05) is 0 Å². The van der Waals surface area contributed by atoms with E-state index in [4.69, 9.17) is 0 Å². The Morgan fingerprint density at radius 1 is 0.731 bits per heavy atom. The van der Waals surface area contributed by atoms with Gasteiger partial charge in [0.25, 0.3) is 0 Å². The minimum atomic E-state index is 0.871. The number of rotatable bonds is 6. The molecule has 0 aliphatic heterocycles. The number of aromatic nitrogens is 1. The van der Waals surface area contributed by atoms with Crippen LogP contribution in [0.1, 0.15) is 22.3 Å². The van der Waals surface area contributed by atoms with Crippen LogP contribution in [0.3, 0.4) is 0 Å². The Balaban J connectivity index is 1.52. The largest absolute Gasteiger partial charge is 0.343 e. The van der Waals surface area contributed by atoms with Crippen LogP contribution in [0.15, 0.2) is 85.1 Å². The molecule has 0 spiro atoms. The molecule has 0 aliphatic carbocycles. The van der Waals surface area contributed by atoms with Crippen molar-refractivity contribution in [3.8, 4) is 0 Å². The lowest BCUT2D eigenvalue weighted by Gasteiger charge is -2.05. The first kappa shape index (κ1) is 16.6. The summed E-state index contributed by atoms with van der Waals surface area (Å²) >= 11 is 0. The SMILES string of the molecule is Cc1ccc(CNCc2cn(Cc3ccccc3)c3ccccc23)cc1. The first-order chi connectivity index (χ1) is 12.8. The summed E-state index contributed by atoms with van der Waals surface area (Å²) in [6, 6.07) is 28.0. The molecule has 1 heterocycles. The minimum absolute atomic E-state index is 0.871. The van der Waals surface area contributed by atoms with Crippen molar-refractivity contribution < 1.29 is 0 Å². The van der Waals surface area contributed by atoms with E-state index in [9.17, 15) is 0 Å². The second-order valence-electron chi connectivity index (χ2n) is 6.87. The molecule has 4 rings (SSSR count). The number of fused-ring (bicyclic) bond motifs is 1. The molecule has 0 atom stereocenters. The molecule has 0 radical (unpaired) electrons. The summed E-state index contributed by atoms with van der Waals surface area (Å²) in [5.74, 6) is 0. The topological polar surface area (TPSA) is 17.0 Å². The predicted molar refractivity (Wildman–Crippen MR) is 109 cm³/mol. The highest BCUT2D eigenvalue weighted by Gasteiger charge is 2.08. The Morgan fingerprint density at radius 3 is 2.27 bits per heavy atom. The highest BCUT2D eigenvalue weighted by molar-refractivity contribution is 5.84. The van der Waals surface area contributed by atoms with Crippen molar-refractivity contribution in [1.82, 2.24) is 9.88 Å². The van der Waals surface area contributed by atoms with Crippen LogP contribution < -0.4 is 5.32 Å². The molecule has 1 N–H and O–H groups in total. The monoisotopic (exact) mass is 340 g/mol. The lowest BCUT2D eigenvalue weighted by atomic mass is 10.1. The molecular formula is C24H24N2. The maximum absolute atomic E-state index is 3.59. The van der Waals surface area contributed by atoms with E-state index in [1.165, 1.54) is 33.2 Å². The fourth-order valence-corrected chi connectivity index (χ4v) is 3.42. The summed E-state index contributed by atoms with van der Waals surface area (Å²) in [6.45, 7) is 4.78. The lowest BCUT2D eigenvalue weighted by molar-refractivity contribution is 0.692. The Kier molecular flexibility index (Phi) is 4.85. The number of aryl methyl sites for hydroxylation is 1. The Morgan fingerprint density at radius 2 is 1.46 bits per heavy atom. The summed E-state index contributed by atoms with van der Waals surface area (Å²) < 4.78 is 2.35. The highest BCUT2D eigenvalue weighted by Crippen LogP contribution is 2.22. The van der Waals surface area contributed by atoms with Gasteiger partial charge in [0.15, 0.2) is 0 Å². The van der Waals surface area contributed by atoms with Gasteiger partial charge in [-0.15, -0.1) is 0 Å². The number of hydrogen-bond donors (Lipinski definition) is 1. The van der Waals surface area contributed by atoms with E-state index in [0.29, 0.717) is 0 Å². The fourth-order valence-electron chi connectivity index (χ4n) is 3.42. The average molecular weight is 340 g/mol. The molecule has 1 aromatic heterocycles. The zero-order chi connectivity index (χ0) is 17.8. The molecule has 0 amide bonds. The summed E-state index contributed by atoms with van der Waals surface area (Å²) in [5, 5.41) is 4.93. The Labute approximate surface area is 155 Å². The van der Waals surface area contributed by atoms with Crippen LogP contribution in [0.25, 0.3) is 10.9 Å². The van der Waals surface area contributed by atoms with E-state index < -0.39 is 0 Å². The minimum Gasteiger partial charge on any atom is -0.343 e.